The van der Waals surface area contributed by atoms with Gasteiger partial charge < -0.3 is 10.6 Å². The van der Waals surface area contributed by atoms with Crippen molar-refractivity contribution in [2.24, 2.45) is 5.92 Å². The Bertz CT molecular complexity index is 414. The number of nitrogens with one attached hydrogen (secondary N) is 2. The highest BCUT2D eigenvalue weighted by Gasteiger charge is 2.33. The fourth-order valence-electron chi connectivity index (χ4n) is 4.16. The van der Waals surface area contributed by atoms with E-state index >= 15 is 0 Å². The van der Waals surface area contributed by atoms with E-state index in [-0.39, 0.29) is 0 Å². The lowest BCUT2D eigenvalue weighted by molar-refractivity contribution is 0.174. The molecule has 2 heterocycles. The third-order valence-electron chi connectivity index (χ3n) is 5.35. The molecule has 0 amide bonds. The maximum Gasteiger partial charge on any atom is 0.0295 e. The molecule has 0 bridgehead atoms. The summed E-state index contributed by atoms with van der Waals surface area (Å²) in [5, 5.41) is 7.70. The molecule has 3 rings (SSSR count). The number of nitrogens with zero attached hydrogens (tertiary/aromatic N) is 1. The zero-order valence-corrected chi connectivity index (χ0v) is 13.2. The van der Waals surface area contributed by atoms with E-state index in [2.05, 4.69) is 34.7 Å². The van der Waals surface area contributed by atoms with Gasteiger partial charge in [0.1, 0.15) is 0 Å². The summed E-state index contributed by atoms with van der Waals surface area (Å²) < 4.78 is 0. The molecule has 1 saturated heterocycles. The first-order chi connectivity index (χ1) is 10.3. The molecule has 2 N–H and O–H groups in total. The molecule has 0 radical (unpaired) electrons. The summed E-state index contributed by atoms with van der Waals surface area (Å²) in [6.45, 7) is 3.50. The first kappa shape index (κ1) is 15.0. The van der Waals surface area contributed by atoms with Gasteiger partial charge in [0, 0.05) is 30.5 Å². The Balaban J connectivity index is 1.63. The second kappa shape index (κ2) is 7.37. The molecule has 1 aliphatic carbocycles. The first-order valence-corrected chi connectivity index (χ1v) is 8.74. The highest BCUT2D eigenvalue weighted by atomic mass is 15.0. The highest BCUT2D eigenvalue weighted by Crippen LogP contribution is 2.31. The van der Waals surface area contributed by atoms with Crippen LogP contribution in [0.1, 0.15) is 63.5 Å². The van der Waals surface area contributed by atoms with Gasteiger partial charge in [0.25, 0.3) is 0 Å². The maximum atomic E-state index is 4.13. The van der Waals surface area contributed by atoms with E-state index in [4.69, 9.17) is 0 Å². The van der Waals surface area contributed by atoms with E-state index in [1.807, 2.05) is 12.4 Å². The SMILES string of the molecule is CC(NC1CCCCC1C1CCCCN1)c1ccncc1. The molecule has 1 saturated carbocycles. The molecule has 1 aromatic heterocycles. The van der Waals surface area contributed by atoms with Crippen molar-refractivity contribution in [3.8, 4) is 0 Å². The van der Waals surface area contributed by atoms with Crippen molar-refractivity contribution < 1.29 is 0 Å². The van der Waals surface area contributed by atoms with E-state index < -0.39 is 0 Å². The summed E-state index contributed by atoms with van der Waals surface area (Å²) in [7, 11) is 0. The minimum Gasteiger partial charge on any atom is -0.314 e. The molecule has 4 unspecified atom stereocenters. The minimum absolute atomic E-state index is 0.419. The fourth-order valence-corrected chi connectivity index (χ4v) is 4.16. The molecule has 0 spiro atoms. The second-order valence-electron chi connectivity index (χ2n) is 6.78. The summed E-state index contributed by atoms with van der Waals surface area (Å²) >= 11 is 0. The van der Waals surface area contributed by atoms with Gasteiger partial charge in [-0.1, -0.05) is 19.3 Å². The number of piperidine rings is 1. The standard InChI is InChI=1S/C18H29N3/c1-14(15-9-12-19-13-10-15)21-18-8-3-2-6-16(18)17-7-4-5-11-20-17/h9-10,12-14,16-18,20-21H,2-8,11H2,1H3. The number of aromatic nitrogens is 1. The average Bonchev–Trinajstić information content (AvgIpc) is 2.57. The third-order valence-corrected chi connectivity index (χ3v) is 5.35. The van der Waals surface area contributed by atoms with Crippen LogP contribution in [0, 0.1) is 5.92 Å². The summed E-state index contributed by atoms with van der Waals surface area (Å²) in [5.41, 5.74) is 1.35. The van der Waals surface area contributed by atoms with Gasteiger partial charge in [-0.2, -0.15) is 0 Å². The summed E-state index contributed by atoms with van der Waals surface area (Å²) in [6, 6.07) is 6.09. The van der Waals surface area contributed by atoms with Gasteiger partial charge in [-0.3, -0.25) is 4.98 Å². The molecule has 4 atom stereocenters. The Morgan fingerprint density at radius 1 is 1.10 bits per heavy atom. The Labute approximate surface area is 128 Å². The van der Waals surface area contributed by atoms with Crippen LogP contribution in [0.3, 0.4) is 0 Å². The van der Waals surface area contributed by atoms with Gasteiger partial charge >= 0.3 is 0 Å². The predicted molar refractivity (Wildman–Crippen MR) is 87.2 cm³/mol. The van der Waals surface area contributed by atoms with Crippen LogP contribution in [-0.2, 0) is 0 Å². The van der Waals surface area contributed by atoms with E-state index in [9.17, 15) is 0 Å². The van der Waals surface area contributed by atoms with Crippen LogP contribution in [-0.4, -0.2) is 23.6 Å². The normalized spacial score (nSPS) is 31.8. The number of hydrogen-bond donors (Lipinski definition) is 2. The second-order valence-corrected chi connectivity index (χ2v) is 6.78. The quantitative estimate of drug-likeness (QED) is 0.891. The van der Waals surface area contributed by atoms with Crippen molar-refractivity contribution in [2.45, 2.75) is 70.0 Å². The van der Waals surface area contributed by atoms with Crippen LogP contribution in [0.4, 0.5) is 0 Å². The first-order valence-electron chi connectivity index (χ1n) is 8.74. The molecule has 2 aliphatic rings. The van der Waals surface area contributed by atoms with Crippen molar-refractivity contribution in [1.29, 1.82) is 0 Å². The molecule has 3 nitrogen and oxygen atoms in total. The number of rotatable bonds is 4. The van der Waals surface area contributed by atoms with E-state index in [0.29, 0.717) is 12.1 Å². The Morgan fingerprint density at radius 2 is 1.86 bits per heavy atom. The third kappa shape index (κ3) is 3.83. The van der Waals surface area contributed by atoms with Crippen molar-refractivity contribution in [2.75, 3.05) is 6.54 Å². The van der Waals surface area contributed by atoms with Crippen LogP contribution >= 0.6 is 0 Å². The van der Waals surface area contributed by atoms with E-state index in [0.717, 1.165) is 12.0 Å². The van der Waals surface area contributed by atoms with Crippen molar-refractivity contribution >= 4 is 0 Å². The van der Waals surface area contributed by atoms with Gasteiger partial charge in [0.2, 0.25) is 0 Å². The number of hydrogen-bond acceptors (Lipinski definition) is 3. The molecule has 21 heavy (non-hydrogen) atoms. The van der Waals surface area contributed by atoms with Crippen LogP contribution in [0.25, 0.3) is 0 Å². The molecule has 0 aromatic carbocycles. The largest absolute Gasteiger partial charge is 0.314 e. The molecule has 116 valence electrons. The molecular formula is C18H29N3. The smallest absolute Gasteiger partial charge is 0.0295 e. The Morgan fingerprint density at radius 3 is 2.62 bits per heavy atom. The van der Waals surface area contributed by atoms with Crippen LogP contribution in [0.2, 0.25) is 0 Å². The summed E-state index contributed by atoms with van der Waals surface area (Å²) in [4.78, 5) is 4.13. The summed E-state index contributed by atoms with van der Waals surface area (Å²) in [5.74, 6) is 0.809. The van der Waals surface area contributed by atoms with Gasteiger partial charge in [-0.05, 0) is 62.8 Å². The van der Waals surface area contributed by atoms with E-state index in [1.54, 1.807) is 0 Å². The average molecular weight is 287 g/mol. The van der Waals surface area contributed by atoms with Crippen molar-refractivity contribution in [3.05, 3.63) is 30.1 Å². The fraction of sp³-hybridized carbons (Fsp3) is 0.722. The minimum atomic E-state index is 0.419. The molecule has 1 aromatic rings. The molecular weight excluding hydrogens is 258 g/mol. The topological polar surface area (TPSA) is 37.0 Å². The van der Waals surface area contributed by atoms with Crippen molar-refractivity contribution in [3.63, 3.8) is 0 Å². The predicted octanol–water partition coefficient (Wildman–Crippen LogP) is 3.43. The van der Waals surface area contributed by atoms with Crippen LogP contribution in [0.5, 0.6) is 0 Å². The van der Waals surface area contributed by atoms with Crippen molar-refractivity contribution in [1.82, 2.24) is 15.6 Å². The molecule has 3 heteroatoms. The summed E-state index contributed by atoms with van der Waals surface area (Å²) in [6.07, 6.45) is 13.4. The Hall–Kier alpha value is -0.930. The Kier molecular flexibility index (Phi) is 5.26. The molecule has 2 fully saturated rings. The molecule has 1 aliphatic heterocycles. The van der Waals surface area contributed by atoms with Crippen LogP contribution in [0.15, 0.2) is 24.5 Å². The van der Waals surface area contributed by atoms with Gasteiger partial charge in [-0.25, -0.2) is 0 Å². The van der Waals surface area contributed by atoms with Gasteiger partial charge in [-0.15, -0.1) is 0 Å². The zero-order chi connectivity index (χ0) is 14.5. The van der Waals surface area contributed by atoms with E-state index in [1.165, 1.54) is 57.1 Å². The number of pyridine rings is 1. The van der Waals surface area contributed by atoms with Crippen LogP contribution < -0.4 is 10.6 Å². The van der Waals surface area contributed by atoms with Gasteiger partial charge in [0.15, 0.2) is 0 Å². The monoisotopic (exact) mass is 287 g/mol. The zero-order valence-electron chi connectivity index (χ0n) is 13.2. The lowest BCUT2D eigenvalue weighted by atomic mass is 9.77. The lowest BCUT2D eigenvalue weighted by Crippen LogP contribution is -2.50. The maximum absolute atomic E-state index is 4.13. The lowest BCUT2D eigenvalue weighted by Gasteiger charge is -2.41. The van der Waals surface area contributed by atoms with Gasteiger partial charge in [0.05, 0.1) is 0 Å². The highest BCUT2D eigenvalue weighted by molar-refractivity contribution is 5.14.